The first-order valence-electron chi connectivity index (χ1n) is 9.64. The van der Waals surface area contributed by atoms with Crippen LogP contribution in [0.4, 0.5) is 4.39 Å². The monoisotopic (exact) mass is 381 g/mol. The van der Waals surface area contributed by atoms with Crippen LogP contribution in [0, 0.1) is 5.82 Å². The molecule has 0 saturated carbocycles. The number of aliphatic hydroxyl groups excluding tert-OH is 1. The van der Waals surface area contributed by atoms with Gasteiger partial charge in [-0.15, -0.1) is 0 Å². The third-order valence-electron chi connectivity index (χ3n) is 5.04. The standard InChI is InChI=1S/C23H24FNO3/c1-2-3-4-10-15-25-20(17-13-8-9-14-18(17)24)19(22(27)23(25)28)21(26)16-11-6-5-7-12-16/h5-9,11-14,20,26H,2-4,10,15H2,1H3/b21-19-. The number of nitrogens with zero attached hydrogens (tertiary/aromatic N) is 1. The second kappa shape index (κ2) is 8.83. The van der Waals surface area contributed by atoms with Gasteiger partial charge in [-0.2, -0.15) is 0 Å². The van der Waals surface area contributed by atoms with Gasteiger partial charge in [-0.05, 0) is 12.5 Å². The van der Waals surface area contributed by atoms with Gasteiger partial charge in [0, 0.05) is 17.7 Å². The second-order valence-electron chi connectivity index (χ2n) is 6.94. The van der Waals surface area contributed by atoms with Crippen molar-refractivity contribution in [3.05, 3.63) is 77.1 Å². The Bertz CT molecular complexity index is 892. The normalized spacial score (nSPS) is 18.6. The molecule has 5 heteroatoms. The van der Waals surface area contributed by atoms with Gasteiger partial charge in [0.15, 0.2) is 0 Å². The van der Waals surface area contributed by atoms with Gasteiger partial charge in [0.1, 0.15) is 11.6 Å². The van der Waals surface area contributed by atoms with Crippen molar-refractivity contribution < 1.29 is 19.1 Å². The summed E-state index contributed by atoms with van der Waals surface area (Å²) in [6.07, 6.45) is 3.71. The van der Waals surface area contributed by atoms with Crippen molar-refractivity contribution in [1.82, 2.24) is 4.90 Å². The van der Waals surface area contributed by atoms with Crippen molar-refractivity contribution in [3.8, 4) is 0 Å². The van der Waals surface area contributed by atoms with Crippen molar-refractivity contribution in [3.63, 3.8) is 0 Å². The fourth-order valence-corrected chi connectivity index (χ4v) is 3.59. The summed E-state index contributed by atoms with van der Waals surface area (Å²) in [5, 5.41) is 10.8. The lowest BCUT2D eigenvalue weighted by atomic mass is 9.95. The van der Waals surface area contributed by atoms with Gasteiger partial charge >= 0.3 is 0 Å². The number of unbranched alkanes of at least 4 members (excludes halogenated alkanes) is 3. The minimum absolute atomic E-state index is 0.0585. The quantitative estimate of drug-likeness (QED) is 0.323. The van der Waals surface area contributed by atoms with Crippen molar-refractivity contribution in [2.24, 2.45) is 0 Å². The molecule has 0 bridgehead atoms. The lowest BCUT2D eigenvalue weighted by Crippen LogP contribution is -2.31. The molecule has 1 atom stereocenters. The molecule has 0 aromatic heterocycles. The molecular formula is C23H24FNO3. The maximum atomic E-state index is 14.6. The minimum Gasteiger partial charge on any atom is -0.507 e. The molecule has 1 saturated heterocycles. The zero-order valence-electron chi connectivity index (χ0n) is 15.9. The summed E-state index contributed by atoms with van der Waals surface area (Å²) < 4.78 is 14.6. The van der Waals surface area contributed by atoms with Crippen molar-refractivity contribution in [2.75, 3.05) is 6.54 Å². The van der Waals surface area contributed by atoms with Crippen LogP contribution >= 0.6 is 0 Å². The fraction of sp³-hybridized carbons (Fsp3) is 0.304. The SMILES string of the molecule is CCCCCCN1C(=O)C(=O)/C(=C(\O)c2ccccc2)C1c1ccccc1F. The number of Topliss-reactive ketones (excluding diaryl/α,β-unsaturated/α-hetero) is 1. The van der Waals surface area contributed by atoms with Crippen LogP contribution in [0.15, 0.2) is 60.2 Å². The zero-order valence-corrected chi connectivity index (χ0v) is 15.9. The summed E-state index contributed by atoms with van der Waals surface area (Å²) in [5.41, 5.74) is 0.583. The second-order valence-corrected chi connectivity index (χ2v) is 6.94. The molecule has 1 amide bonds. The van der Waals surface area contributed by atoms with E-state index in [2.05, 4.69) is 6.92 Å². The number of aliphatic hydroxyl groups is 1. The predicted molar refractivity (Wildman–Crippen MR) is 106 cm³/mol. The Balaban J connectivity index is 2.08. The highest BCUT2D eigenvalue weighted by Gasteiger charge is 2.46. The van der Waals surface area contributed by atoms with Crippen molar-refractivity contribution in [2.45, 2.75) is 38.6 Å². The molecule has 3 rings (SSSR count). The van der Waals surface area contributed by atoms with Gasteiger partial charge in [0.05, 0.1) is 11.6 Å². The Labute approximate surface area is 164 Å². The van der Waals surface area contributed by atoms with Crippen LogP contribution in [0.3, 0.4) is 0 Å². The molecule has 1 aliphatic rings. The molecule has 1 aliphatic heterocycles. The molecule has 0 aliphatic carbocycles. The van der Waals surface area contributed by atoms with E-state index in [1.807, 2.05) is 0 Å². The molecule has 146 valence electrons. The number of carbonyl (C=O) groups excluding carboxylic acids is 2. The number of halogens is 1. The van der Waals surface area contributed by atoms with Crippen molar-refractivity contribution >= 4 is 17.4 Å². The highest BCUT2D eigenvalue weighted by atomic mass is 19.1. The predicted octanol–water partition coefficient (Wildman–Crippen LogP) is 4.83. The maximum Gasteiger partial charge on any atom is 0.295 e. The van der Waals surface area contributed by atoms with Gasteiger partial charge in [-0.3, -0.25) is 9.59 Å². The van der Waals surface area contributed by atoms with E-state index in [0.717, 1.165) is 25.7 Å². The Morgan fingerprint density at radius 2 is 1.68 bits per heavy atom. The lowest BCUT2D eigenvalue weighted by Gasteiger charge is -2.25. The molecule has 1 fully saturated rings. The van der Waals surface area contributed by atoms with Gasteiger partial charge in [-0.1, -0.05) is 74.7 Å². The summed E-state index contributed by atoms with van der Waals surface area (Å²) in [4.78, 5) is 26.9. The Morgan fingerprint density at radius 3 is 2.36 bits per heavy atom. The highest BCUT2D eigenvalue weighted by molar-refractivity contribution is 6.46. The van der Waals surface area contributed by atoms with E-state index in [4.69, 9.17) is 0 Å². The minimum atomic E-state index is -0.928. The van der Waals surface area contributed by atoms with Gasteiger partial charge in [-0.25, -0.2) is 4.39 Å². The smallest absolute Gasteiger partial charge is 0.295 e. The van der Waals surface area contributed by atoms with Crippen LogP contribution in [0.25, 0.3) is 5.76 Å². The third kappa shape index (κ3) is 3.84. The largest absolute Gasteiger partial charge is 0.507 e. The molecule has 28 heavy (non-hydrogen) atoms. The number of hydrogen-bond acceptors (Lipinski definition) is 3. The fourth-order valence-electron chi connectivity index (χ4n) is 3.59. The van der Waals surface area contributed by atoms with Crippen molar-refractivity contribution in [1.29, 1.82) is 0 Å². The summed E-state index contributed by atoms with van der Waals surface area (Å²) >= 11 is 0. The van der Waals surface area contributed by atoms with Crippen LogP contribution in [0.5, 0.6) is 0 Å². The number of benzene rings is 2. The van der Waals surface area contributed by atoms with Crippen LogP contribution < -0.4 is 0 Å². The molecular weight excluding hydrogens is 357 g/mol. The molecule has 0 spiro atoms. The first-order chi connectivity index (χ1) is 13.6. The Kier molecular flexibility index (Phi) is 6.24. The van der Waals surface area contributed by atoms with Gasteiger partial charge < -0.3 is 10.0 Å². The van der Waals surface area contributed by atoms with E-state index in [9.17, 15) is 19.1 Å². The highest BCUT2D eigenvalue weighted by Crippen LogP contribution is 2.40. The van der Waals surface area contributed by atoms with Gasteiger partial charge in [0.2, 0.25) is 0 Å². The third-order valence-corrected chi connectivity index (χ3v) is 5.04. The average molecular weight is 381 g/mol. The Morgan fingerprint density at radius 1 is 1.00 bits per heavy atom. The number of carbonyl (C=O) groups is 2. The first-order valence-corrected chi connectivity index (χ1v) is 9.64. The lowest BCUT2D eigenvalue weighted by molar-refractivity contribution is -0.140. The van der Waals surface area contributed by atoms with Crippen LogP contribution in [0.2, 0.25) is 0 Å². The molecule has 1 N–H and O–H groups in total. The number of rotatable bonds is 7. The molecule has 1 heterocycles. The first kappa shape index (κ1) is 19.8. The number of likely N-dealkylation sites (tertiary alicyclic amines) is 1. The van der Waals surface area contributed by atoms with Crippen LogP contribution in [-0.4, -0.2) is 28.2 Å². The molecule has 0 radical (unpaired) electrons. The topological polar surface area (TPSA) is 57.6 Å². The summed E-state index contributed by atoms with van der Waals surface area (Å²) in [6, 6.07) is 13.7. The molecule has 4 nitrogen and oxygen atoms in total. The van der Waals surface area contributed by atoms with E-state index < -0.39 is 23.5 Å². The van der Waals surface area contributed by atoms with E-state index in [1.54, 1.807) is 48.5 Å². The number of ketones is 1. The van der Waals surface area contributed by atoms with E-state index in [0.29, 0.717) is 12.1 Å². The number of hydrogen-bond donors (Lipinski definition) is 1. The van der Waals surface area contributed by atoms with E-state index in [-0.39, 0.29) is 16.9 Å². The maximum absolute atomic E-state index is 14.6. The van der Waals surface area contributed by atoms with Crippen LogP contribution in [0.1, 0.15) is 49.8 Å². The molecule has 2 aromatic carbocycles. The molecule has 2 aromatic rings. The summed E-state index contributed by atoms with van der Waals surface area (Å²) in [5.74, 6) is -2.25. The van der Waals surface area contributed by atoms with E-state index >= 15 is 0 Å². The summed E-state index contributed by atoms with van der Waals surface area (Å²) in [7, 11) is 0. The average Bonchev–Trinajstić information content (AvgIpc) is 2.96. The van der Waals surface area contributed by atoms with E-state index in [1.165, 1.54) is 11.0 Å². The van der Waals surface area contributed by atoms with Gasteiger partial charge in [0.25, 0.3) is 11.7 Å². The Hall–Kier alpha value is -2.95. The van der Waals surface area contributed by atoms with Crippen LogP contribution in [-0.2, 0) is 9.59 Å². The summed E-state index contributed by atoms with van der Waals surface area (Å²) in [6.45, 7) is 2.43. The zero-order chi connectivity index (χ0) is 20.1. The molecule has 1 unspecified atom stereocenters. The number of amides is 1.